The Morgan fingerprint density at radius 1 is 1.85 bits per heavy atom. The summed E-state index contributed by atoms with van der Waals surface area (Å²) in [4.78, 5) is 3.97. The first-order valence-electron chi connectivity index (χ1n) is 3.81. The Kier molecular flexibility index (Phi) is 3.62. The maximum atomic E-state index is 7.06. The van der Waals surface area contributed by atoms with Crippen LogP contribution in [0, 0.1) is 5.41 Å². The van der Waals surface area contributed by atoms with Crippen LogP contribution in [0.4, 0.5) is 0 Å². The van der Waals surface area contributed by atoms with Gasteiger partial charge in [0.15, 0.2) is 10.3 Å². The zero-order valence-electron chi connectivity index (χ0n) is 7.25. The molecule has 1 aromatic rings. The average Bonchev–Trinajstić information content (AvgIpc) is 2.43. The minimum Gasteiger partial charge on any atom is -0.379 e. The largest absolute Gasteiger partial charge is 0.379 e. The first-order chi connectivity index (χ1) is 6.15. The Labute approximate surface area is 86.0 Å². The molecular formula is C7H11ClN4S. The fourth-order valence-corrected chi connectivity index (χ4v) is 1.84. The second-order valence-electron chi connectivity index (χ2n) is 2.42. The Morgan fingerprint density at radius 2 is 2.54 bits per heavy atom. The third-order valence-electron chi connectivity index (χ3n) is 1.60. The molecule has 0 amide bonds. The first-order valence-corrected chi connectivity index (χ1v) is 5.17. The average molecular weight is 219 g/mol. The Hall–Kier alpha value is -0.680. The molecule has 1 aromatic heterocycles. The second kappa shape index (κ2) is 4.53. The normalized spacial score (nSPS) is 10.3. The highest BCUT2D eigenvalue weighted by molar-refractivity contribution is 8.13. The fourth-order valence-electron chi connectivity index (χ4n) is 0.944. The predicted octanol–water partition coefficient (Wildman–Crippen LogP) is 1.68. The number of imidazole rings is 1. The summed E-state index contributed by atoms with van der Waals surface area (Å²) in [6.45, 7) is 2.84. The molecule has 3 N–H and O–H groups in total. The van der Waals surface area contributed by atoms with Crippen molar-refractivity contribution in [3.8, 4) is 0 Å². The predicted molar refractivity (Wildman–Crippen MR) is 56.1 cm³/mol. The summed E-state index contributed by atoms with van der Waals surface area (Å²) in [6, 6.07) is 0. The van der Waals surface area contributed by atoms with Crippen molar-refractivity contribution in [2.24, 2.45) is 5.73 Å². The molecule has 72 valence electrons. The third kappa shape index (κ3) is 2.63. The van der Waals surface area contributed by atoms with Gasteiger partial charge in [0.05, 0.1) is 12.0 Å². The quantitative estimate of drug-likeness (QED) is 0.599. The van der Waals surface area contributed by atoms with Crippen molar-refractivity contribution in [1.29, 1.82) is 5.41 Å². The minimum atomic E-state index is 0.0971. The van der Waals surface area contributed by atoms with Gasteiger partial charge in [-0.25, -0.2) is 4.98 Å². The van der Waals surface area contributed by atoms with Crippen LogP contribution in [-0.4, -0.2) is 14.7 Å². The number of aryl methyl sites for hydroxylation is 1. The summed E-state index contributed by atoms with van der Waals surface area (Å²) >= 11 is 7.10. The SMILES string of the molecule is CCn1cnc(Cl)c1CSC(=N)N. The number of halogens is 1. The molecule has 0 bridgehead atoms. The molecule has 0 aliphatic carbocycles. The highest BCUT2D eigenvalue weighted by Crippen LogP contribution is 2.19. The molecule has 13 heavy (non-hydrogen) atoms. The van der Waals surface area contributed by atoms with Gasteiger partial charge in [-0.3, -0.25) is 5.41 Å². The third-order valence-corrected chi connectivity index (χ3v) is 2.64. The molecule has 0 saturated heterocycles. The second-order valence-corrected chi connectivity index (χ2v) is 3.80. The van der Waals surface area contributed by atoms with Crippen molar-refractivity contribution in [2.75, 3.05) is 0 Å². The zero-order valence-corrected chi connectivity index (χ0v) is 8.82. The summed E-state index contributed by atoms with van der Waals surface area (Å²) in [7, 11) is 0. The number of thioether (sulfide) groups is 1. The number of amidine groups is 1. The van der Waals surface area contributed by atoms with Gasteiger partial charge in [0, 0.05) is 12.3 Å². The summed E-state index contributed by atoms with van der Waals surface area (Å²) in [5.41, 5.74) is 6.14. The molecule has 0 aromatic carbocycles. The van der Waals surface area contributed by atoms with E-state index in [4.69, 9.17) is 22.7 Å². The maximum absolute atomic E-state index is 7.06. The van der Waals surface area contributed by atoms with Crippen molar-refractivity contribution < 1.29 is 0 Å². The van der Waals surface area contributed by atoms with E-state index in [1.165, 1.54) is 11.8 Å². The lowest BCUT2D eigenvalue weighted by atomic mass is 10.5. The van der Waals surface area contributed by atoms with Crippen LogP contribution in [0.5, 0.6) is 0 Å². The van der Waals surface area contributed by atoms with Crippen molar-refractivity contribution in [3.63, 3.8) is 0 Å². The van der Waals surface area contributed by atoms with Gasteiger partial charge >= 0.3 is 0 Å². The van der Waals surface area contributed by atoms with E-state index < -0.39 is 0 Å². The number of aromatic nitrogens is 2. The molecule has 0 radical (unpaired) electrons. The van der Waals surface area contributed by atoms with Crippen LogP contribution in [0.1, 0.15) is 12.6 Å². The lowest BCUT2D eigenvalue weighted by Gasteiger charge is -2.03. The minimum absolute atomic E-state index is 0.0971. The van der Waals surface area contributed by atoms with Crippen molar-refractivity contribution in [2.45, 2.75) is 19.2 Å². The Balaban J connectivity index is 2.73. The number of nitrogens with zero attached hydrogens (tertiary/aromatic N) is 2. The van der Waals surface area contributed by atoms with Crippen LogP contribution in [0.15, 0.2) is 6.33 Å². The molecular weight excluding hydrogens is 208 g/mol. The monoisotopic (exact) mass is 218 g/mol. The van der Waals surface area contributed by atoms with Gasteiger partial charge in [0.25, 0.3) is 0 Å². The fraction of sp³-hybridized carbons (Fsp3) is 0.429. The first kappa shape index (κ1) is 10.4. The molecule has 0 unspecified atom stereocenters. The van der Waals surface area contributed by atoms with Crippen LogP contribution in [0.25, 0.3) is 0 Å². The molecule has 0 spiro atoms. The molecule has 0 aliphatic rings. The van der Waals surface area contributed by atoms with Gasteiger partial charge in [-0.2, -0.15) is 0 Å². The van der Waals surface area contributed by atoms with Crippen LogP contribution in [0.2, 0.25) is 5.15 Å². The van der Waals surface area contributed by atoms with E-state index in [2.05, 4.69) is 4.98 Å². The van der Waals surface area contributed by atoms with E-state index in [1.807, 2.05) is 11.5 Å². The van der Waals surface area contributed by atoms with E-state index in [-0.39, 0.29) is 5.17 Å². The smallest absolute Gasteiger partial charge is 0.151 e. The molecule has 6 heteroatoms. The zero-order chi connectivity index (χ0) is 9.84. The van der Waals surface area contributed by atoms with Gasteiger partial charge in [0.2, 0.25) is 0 Å². The summed E-state index contributed by atoms with van der Waals surface area (Å²) < 4.78 is 1.94. The van der Waals surface area contributed by atoms with Gasteiger partial charge in [-0.1, -0.05) is 23.4 Å². The number of nitrogens with one attached hydrogen (secondary N) is 1. The van der Waals surface area contributed by atoms with Crippen LogP contribution in [0.3, 0.4) is 0 Å². The van der Waals surface area contributed by atoms with E-state index in [1.54, 1.807) is 6.33 Å². The van der Waals surface area contributed by atoms with E-state index >= 15 is 0 Å². The standard InChI is InChI=1S/C7H11ClN4S/c1-2-12-4-11-6(8)5(12)3-13-7(9)10/h4H,2-3H2,1H3,(H3,9,10). The van der Waals surface area contributed by atoms with Gasteiger partial charge in [-0.05, 0) is 6.92 Å². The topological polar surface area (TPSA) is 67.7 Å². The van der Waals surface area contributed by atoms with Crippen LogP contribution >= 0.6 is 23.4 Å². The Morgan fingerprint density at radius 3 is 3.08 bits per heavy atom. The molecule has 0 aliphatic heterocycles. The number of hydrogen-bond acceptors (Lipinski definition) is 3. The van der Waals surface area contributed by atoms with Gasteiger partial charge < -0.3 is 10.3 Å². The summed E-state index contributed by atoms with van der Waals surface area (Å²) in [5.74, 6) is 0.599. The number of hydrogen-bond donors (Lipinski definition) is 2. The van der Waals surface area contributed by atoms with Crippen molar-refractivity contribution in [1.82, 2.24) is 9.55 Å². The maximum Gasteiger partial charge on any atom is 0.151 e. The van der Waals surface area contributed by atoms with Crippen LogP contribution < -0.4 is 5.73 Å². The van der Waals surface area contributed by atoms with Gasteiger partial charge in [-0.15, -0.1) is 0 Å². The summed E-state index contributed by atoms with van der Waals surface area (Å²) in [5, 5.41) is 7.66. The lowest BCUT2D eigenvalue weighted by molar-refractivity contribution is 0.734. The molecule has 1 rings (SSSR count). The van der Waals surface area contributed by atoms with Crippen molar-refractivity contribution >= 4 is 28.5 Å². The summed E-state index contributed by atoms with van der Waals surface area (Å²) in [6.07, 6.45) is 1.69. The molecule has 0 saturated carbocycles. The van der Waals surface area contributed by atoms with Crippen molar-refractivity contribution in [3.05, 3.63) is 17.2 Å². The molecule has 1 heterocycles. The molecule has 0 atom stereocenters. The highest BCUT2D eigenvalue weighted by atomic mass is 35.5. The van der Waals surface area contributed by atoms with E-state index in [9.17, 15) is 0 Å². The lowest BCUT2D eigenvalue weighted by Crippen LogP contribution is -2.06. The van der Waals surface area contributed by atoms with E-state index in [0.717, 1.165) is 12.2 Å². The molecule has 4 nitrogen and oxygen atoms in total. The van der Waals surface area contributed by atoms with Gasteiger partial charge in [0.1, 0.15) is 0 Å². The Bertz CT molecular complexity index is 309. The number of rotatable bonds is 3. The number of nitrogens with two attached hydrogens (primary N) is 1. The highest BCUT2D eigenvalue weighted by Gasteiger charge is 2.07. The van der Waals surface area contributed by atoms with E-state index in [0.29, 0.717) is 10.9 Å². The van der Waals surface area contributed by atoms with Crippen LogP contribution in [-0.2, 0) is 12.3 Å². The molecule has 0 fully saturated rings.